The Balaban J connectivity index is 2.46. The van der Waals surface area contributed by atoms with Crippen molar-refractivity contribution in [1.29, 1.82) is 0 Å². The van der Waals surface area contributed by atoms with E-state index in [2.05, 4.69) is 15.9 Å². The number of hydrogen-bond acceptors (Lipinski definition) is 3. The second kappa shape index (κ2) is 5.68. The van der Waals surface area contributed by atoms with Gasteiger partial charge in [-0.1, -0.05) is 15.9 Å². The van der Waals surface area contributed by atoms with Gasteiger partial charge in [-0.3, -0.25) is 4.79 Å². The number of hydrogen-bond donors (Lipinski definition) is 0. The van der Waals surface area contributed by atoms with Crippen LogP contribution in [0.3, 0.4) is 0 Å². The zero-order valence-electron chi connectivity index (χ0n) is 8.53. The fourth-order valence-corrected chi connectivity index (χ4v) is 1.61. The highest BCUT2D eigenvalue weighted by molar-refractivity contribution is 9.09. The third-order valence-electron chi connectivity index (χ3n) is 2.32. The van der Waals surface area contributed by atoms with Crippen molar-refractivity contribution in [2.24, 2.45) is 0 Å². The zero-order valence-corrected chi connectivity index (χ0v) is 10.1. The third kappa shape index (κ3) is 2.93. The second-order valence-corrected chi connectivity index (χ2v) is 4.03. The normalized spacial score (nSPS) is 24.4. The molecule has 1 saturated heterocycles. The molecule has 0 aromatic carbocycles. The summed E-state index contributed by atoms with van der Waals surface area (Å²) in [5.74, 6) is -0.00310. The largest absolute Gasteiger partial charge is 0.376 e. The summed E-state index contributed by atoms with van der Waals surface area (Å²) in [5.41, 5.74) is 0. The van der Waals surface area contributed by atoms with Gasteiger partial charge in [-0.25, -0.2) is 0 Å². The Morgan fingerprint density at radius 1 is 1.64 bits per heavy atom. The average molecular weight is 266 g/mol. The van der Waals surface area contributed by atoms with Crippen LogP contribution in [0.25, 0.3) is 0 Å². The van der Waals surface area contributed by atoms with Crippen molar-refractivity contribution >= 4 is 21.8 Å². The first-order chi connectivity index (χ1) is 6.66. The quantitative estimate of drug-likeness (QED) is 0.704. The maximum absolute atomic E-state index is 11.8. The molecule has 1 heterocycles. The van der Waals surface area contributed by atoms with Crippen LogP contribution in [0.2, 0.25) is 0 Å². The van der Waals surface area contributed by atoms with E-state index < -0.39 is 6.10 Å². The minimum atomic E-state index is -0.421. The minimum Gasteiger partial charge on any atom is -0.376 e. The van der Waals surface area contributed by atoms with Crippen LogP contribution in [0.1, 0.15) is 6.92 Å². The van der Waals surface area contributed by atoms with E-state index in [1.807, 2.05) is 6.92 Å². The van der Waals surface area contributed by atoms with E-state index in [-0.39, 0.29) is 11.9 Å². The van der Waals surface area contributed by atoms with Gasteiger partial charge in [0.2, 0.25) is 0 Å². The summed E-state index contributed by atoms with van der Waals surface area (Å²) in [6, 6.07) is 0.174. The molecule has 0 N–H and O–H groups in total. The smallest absolute Gasteiger partial charge is 0.254 e. The van der Waals surface area contributed by atoms with E-state index >= 15 is 0 Å². The van der Waals surface area contributed by atoms with Gasteiger partial charge in [0.1, 0.15) is 0 Å². The van der Waals surface area contributed by atoms with Crippen molar-refractivity contribution in [3.63, 3.8) is 0 Å². The van der Waals surface area contributed by atoms with Crippen molar-refractivity contribution in [3.8, 4) is 0 Å². The summed E-state index contributed by atoms with van der Waals surface area (Å²) in [6.45, 7) is 3.45. The molecule has 2 unspecified atom stereocenters. The number of carbonyl (C=O) groups is 1. The van der Waals surface area contributed by atoms with Crippen LogP contribution in [0.5, 0.6) is 0 Å². The number of carbonyl (C=O) groups excluding carboxylic acids is 1. The number of nitrogens with zero attached hydrogens (tertiary/aromatic N) is 1. The van der Waals surface area contributed by atoms with Gasteiger partial charge < -0.3 is 14.4 Å². The van der Waals surface area contributed by atoms with Gasteiger partial charge in [0, 0.05) is 18.4 Å². The molecule has 0 aromatic heterocycles. The highest BCUT2D eigenvalue weighted by atomic mass is 79.9. The third-order valence-corrected chi connectivity index (χ3v) is 3.26. The Hall–Kier alpha value is -0.130. The lowest BCUT2D eigenvalue weighted by Crippen LogP contribution is -2.47. The van der Waals surface area contributed by atoms with E-state index in [9.17, 15) is 4.79 Å². The van der Waals surface area contributed by atoms with Crippen molar-refractivity contribution < 1.29 is 14.3 Å². The number of likely N-dealkylation sites (N-methyl/N-ethyl adjacent to an activating group) is 1. The highest BCUT2D eigenvalue weighted by Crippen LogP contribution is 2.08. The molecule has 2 atom stereocenters. The maximum atomic E-state index is 11.8. The van der Waals surface area contributed by atoms with Gasteiger partial charge in [0.15, 0.2) is 6.10 Å². The molecule has 1 amide bonds. The maximum Gasteiger partial charge on any atom is 0.254 e. The summed E-state index contributed by atoms with van der Waals surface area (Å²) >= 11 is 3.34. The van der Waals surface area contributed by atoms with Gasteiger partial charge in [0.25, 0.3) is 5.91 Å². The van der Waals surface area contributed by atoms with Crippen LogP contribution in [-0.4, -0.2) is 55.2 Å². The van der Waals surface area contributed by atoms with Gasteiger partial charge in [-0.05, 0) is 6.92 Å². The van der Waals surface area contributed by atoms with Gasteiger partial charge in [0.05, 0.1) is 19.8 Å². The van der Waals surface area contributed by atoms with Crippen molar-refractivity contribution in [2.75, 3.05) is 32.2 Å². The molecule has 1 aliphatic rings. The molecule has 82 valence electrons. The molecular weight excluding hydrogens is 250 g/mol. The Morgan fingerprint density at radius 3 is 2.86 bits per heavy atom. The molecule has 5 heteroatoms. The van der Waals surface area contributed by atoms with Crippen LogP contribution in [0, 0.1) is 0 Å². The topological polar surface area (TPSA) is 38.8 Å². The van der Waals surface area contributed by atoms with Crippen LogP contribution in [0.4, 0.5) is 0 Å². The van der Waals surface area contributed by atoms with Gasteiger partial charge >= 0.3 is 0 Å². The standard InChI is InChI=1S/C9H16BrNO3/c1-7(5-10)11(2)9(12)8-6-13-3-4-14-8/h7-8H,3-6H2,1-2H3. The van der Waals surface area contributed by atoms with E-state index in [0.29, 0.717) is 19.8 Å². The van der Waals surface area contributed by atoms with Crippen molar-refractivity contribution in [3.05, 3.63) is 0 Å². The molecule has 0 aliphatic carbocycles. The highest BCUT2D eigenvalue weighted by Gasteiger charge is 2.27. The summed E-state index contributed by atoms with van der Waals surface area (Å²) in [5, 5.41) is 0.767. The first-order valence-electron chi connectivity index (χ1n) is 4.68. The molecule has 1 fully saturated rings. The monoisotopic (exact) mass is 265 g/mol. The lowest BCUT2D eigenvalue weighted by atomic mass is 10.2. The van der Waals surface area contributed by atoms with Crippen molar-refractivity contribution in [2.45, 2.75) is 19.1 Å². The second-order valence-electron chi connectivity index (χ2n) is 3.39. The zero-order chi connectivity index (χ0) is 10.6. The Morgan fingerprint density at radius 2 is 2.36 bits per heavy atom. The van der Waals surface area contributed by atoms with Crippen molar-refractivity contribution in [1.82, 2.24) is 4.90 Å². The summed E-state index contributed by atoms with van der Waals surface area (Å²) in [7, 11) is 1.78. The van der Waals surface area contributed by atoms with E-state index in [1.54, 1.807) is 11.9 Å². The van der Waals surface area contributed by atoms with E-state index in [4.69, 9.17) is 9.47 Å². The molecule has 1 rings (SSSR count). The number of ether oxygens (including phenoxy) is 2. The molecule has 14 heavy (non-hydrogen) atoms. The van der Waals surface area contributed by atoms with E-state index in [1.165, 1.54) is 0 Å². The predicted octanol–water partition coefficient (Wildman–Crippen LogP) is 0.644. The number of halogens is 1. The Labute approximate surface area is 92.7 Å². The molecule has 0 spiro atoms. The first-order valence-corrected chi connectivity index (χ1v) is 5.81. The predicted molar refractivity (Wildman–Crippen MR) is 56.6 cm³/mol. The fourth-order valence-electron chi connectivity index (χ4n) is 1.18. The number of amides is 1. The average Bonchev–Trinajstić information content (AvgIpc) is 2.27. The SMILES string of the molecule is CC(CBr)N(C)C(=O)C1COCCO1. The van der Waals surface area contributed by atoms with Crippen LogP contribution in [-0.2, 0) is 14.3 Å². The summed E-state index contributed by atoms with van der Waals surface area (Å²) < 4.78 is 10.5. The summed E-state index contributed by atoms with van der Waals surface area (Å²) in [4.78, 5) is 13.5. The number of rotatable bonds is 3. The van der Waals surface area contributed by atoms with Crippen LogP contribution in [0.15, 0.2) is 0 Å². The Bertz CT molecular complexity index is 190. The minimum absolute atomic E-state index is 0.00310. The molecule has 0 aromatic rings. The molecule has 0 bridgehead atoms. The van der Waals surface area contributed by atoms with Crippen LogP contribution < -0.4 is 0 Å². The molecule has 0 saturated carbocycles. The molecule has 0 radical (unpaired) electrons. The lowest BCUT2D eigenvalue weighted by molar-refractivity contribution is -0.158. The van der Waals surface area contributed by atoms with Crippen LogP contribution >= 0.6 is 15.9 Å². The lowest BCUT2D eigenvalue weighted by Gasteiger charge is -2.29. The Kier molecular flexibility index (Phi) is 4.84. The fraction of sp³-hybridized carbons (Fsp3) is 0.889. The molecular formula is C9H16BrNO3. The van der Waals surface area contributed by atoms with Gasteiger partial charge in [-0.2, -0.15) is 0 Å². The van der Waals surface area contributed by atoms with Gasteiger partial charge in [-0.15, -0.1) is 0 Å². The first kappa shape index (κ1) is 11.9. The number of alkyl halides is 1. The molecule has 4 nitrogen and oxygen atoms in total. The molecule has 1 aliphatic heterocycles. The summed E-state index contributed by atoms with van der Waals surface area (Å²) in [6.07, 6.45) is -0.421. The van der Waals surface area contributed by atoms with E-state index in [0.717, 1.165) is 5.33 Å².